The zero-order chi connectivity index (χ0) is 12.6. The van der Waals surface area contributed by atoms with E-state index in [1.54, 1.807) is 0 Å². The molecule has 0 bridgehead atoms. The lowest BCUT2D eigenvalue weighted by Gasteiger charge is -2.29. The lowest BCUT2D eigenvalue weighted by atomic mass is 10.6. The van der Waals surface area contributed by atoms with Crippen molar-refractivity contribution in [2.24, 2.45) is 0 Å². The largest absolute Gasteiger partial charge is 0.371 e. The first-order chi connectivity index (χ1) is 7.08. The first-order valence-corrected chi connectivity index (χ1v) is 7.10. The molecule has 0 amide bonds. The van der Waals surface area contributed by atoms with Crippen LogP contribution >= 0.6 is 15.2 Å². The van der Waals surface area contributed by atoms with E-state index in [0.717, 1.165) is 10.9 Å². The van der Waals surface area contributed by atoms with Crippen LogP contribution in [-0.4, -0.2) is 39.3 Å². The maximum Gasteiger partial charge on any atom is 0.371 e. The standard InChI is InChI=1S/C5H10N2O7P2.H3N/c8-5(15(9,10)11,16(12,13)14)3-7-2-1-6-4-7;/h1-2,4,8H,3H2,(H2,9,10,11)(H2,12,13,14);1H3. The summed E-state index contributed by atoms with van der Waals surface area (Å²) in [7, 11) is -10.8. The van der Waals surface area contributed by atoms with E-state index in [4.69, 9.17) is 19.6 Å². The number of hydrogen-bond acceptors (Lipinski definition) is 5. The molecular formula is C5H13N3O7P2. The Morgan fingerprint density at radius 3 is 1.94 bits per heavy atom. The Labute approximate surface area is 95.8 Å². The molecule has 1 aromatic rings. The Bertz CT molecular complexity index is 426. The van der Waals surface area contributed by atoms with E-state index in [-0.39, 0.29) is 6.15 Å². The summed E-state index contributed by atoms with van der Waals surface area (Å²) in [5, 5.41) is 6.04. The summed E-state index contributed by atoms with van der Waals surface area (Å²) < 4.78 is 22.8. The molecule has 8 N–H and O–H groups in total. The fourth-order valence-electron chi connectivity index (χ4n) is 0.979. The van der Waals surface area contributed by atoms with Gasteiger partial charge in [0.05, 0.1) is 12.9 Å². The zero-order valence-corrected chi connectivity index (χ0v) is 10.3. The predicted molar refractivity (Wildman–Crippen MR) is 56.3 cm³/mol. The first kappa shape index (κ1) is 16.4. The number of nitrogens with zero attached hydrogens (tertiary/aromatic N) is 2. The van der Waals surface area contributed by atoms with Crippen molar-refractivity contribution in [3.05, 3.63) is 18.7 Å². The molecule has 0 aliphatic carbocycles. The zero-order valence-electron chi connectivity index (χ0n) is 8.49. The van der Waals surface area contributed by atoms with Gasteiger partial charge in [-0.3, -0.25) is 9.13 Å². The van der Waals surface area contributed by atoms with E-state index < -0.39 is 26.8 Å². The normalized spacial score (nSPS) is 13.2. The van der Waals surface area contributed by atoms with Crippen molar-refractivity contribution in [2.75, 3.05) is 0 Å². The summed E-state index contributed by atoms with van der Waals surface area (Å²) in [6, 6.07) is 0. The summed E-state index contributed by atoms with van der Waals surface area (Å²) in [5.41, 5.74) is 0. The van der Waals surface area contributed by atoms with E-state index >= 15 is 0 Å². The minimum absolute atomic E-state index is 0. The number of hydrogen-bond donors (Lipinski definition) is 6. The molecule has 0 unspecified atom stereocenters. The van der Waals surface area contributed by atoms with Crippen molar-refractivity contribution in [2.45, 2.75) is 11.6 Å². The van der Waals surface area contributed by atoms with Gasteiger partial charge in [0.1, 0.15) is 0 Å². The van der Waals surface area contributed by atoms with Crippen LogP contribution in [0.15, 0.2) is 18.7 Å². The Morgan fingerprint density at radius 2 is 1.65 bits per heavy atom. The molecular weight excluding hydrogens is 276 g/mol. The second-order valence-electron chi connectivity index (χ2n) is 3.10. The van der Waals surface area contributed by atoms with Crippen LogP contribution in [-0.2, 0) is 15.7 Å². The highest BCUT2D eigenvalue weighted by Gasteiger charge is 2.59. The highest BCUT2D eigenvalue weighted by molar-refractivity contribution is 7.72. The Hall–Kier alpha value is -0.570. The van der Waals surface area contributed by atoms with Crippen molar-refractivity contribution >= 4 is 15.2 Å². The molecule has 0 aliphatic heterocycles. The smallest absolute Gasteiger partial charge is 0.366 e. The van der Waals surface area contributed by atoms with Gasteiger partial charge < -0.3 is 35.4 Å². The fourth-order valence-corrected chi connectivity index (χ4v) is 3.03. The molecule has 1 heterocycles. The third kappa shape index (κ3) is 3.21. The molecule has 0 aliphatic rings. The van der Waals surface area contributed by atoms with Crippen molar-refractivity contribution in [3.8, 4) is 0 Å². The average Bonchev–Trinajstić information content (AvgIpc) is 2.52. The van der Waals surface area contributed by atoms with Crippen molar-refractivity contribution < 1.29 is 33.8 Å². The van der Waals surface area contributed by atoms with Crippen LogP contribution in [0.4, 0.5) is 0 Å². The third-order valence-electron chi connectivity index (χ3n) is 1.89. The van der Waals surface area contributed by atoms with Crippen molar-refractivity contribution in [1.29, 1.82) is 0 Å². The SMILES string of the molecule is N.O=P(O)(O)C(O)(Cn1ccnc1)P(=O)(O)O. The molecule has 0 saturated heterocycles. The van der Waals surface area contributed by atoms with Gasteiger partial charge in [0, 0.05) is 12.4 Å². The summed E-state index contributed by atoms with van der Waals surface area (Å²) in [6.07, 6.45) is 3.51. The van der Waals surface area contributed by atoms with Gasteiger partial charge in [0.2, 0.25) is 0 Å². The van der Waals surface area contributed by atoms with E-state index in [9.17, 15) is 14.2 Å². The van der Waals surface area contributed by atoms with Gasteiger partial charge in [-0.25, -0.2) is 4.98 Å². The number of aromatic nitrogens is 2. The highest BCUT2D eigenvalue weighted by Crippen LogP contribution is 2.67. The van der Waals surface area contributed by atoms with Gasteiger partial charge in [0.15, 0.2) is 0 Å². The van der Waals surface area contributed by atoms with Crippen LogP contribution in [0.3, 0.4) is 0 Å². The van der Waals surface area contributed by atoms with E-state index in [1.807, 2.05) is 0 Å². The molecule has 1 rings (SSSR count). The third-order valence-corrected chi connectivity index (χ3v) is 5.60. The lowest BCUT2D eigenvalue weighted by molar-refractivity contribution is 0.115. The van der Waals surface area contributed by atoms with Crippen LogP contribution in [0.2, 0.25) is 0 Å². The van der Waals surface area contributed by atoms with Gasteiger partial charge >= 0.3 is 15.2 Å². The molecule has 1 aromatic heterocycles. The fraction of sp³-hybridized carbons (Fsp3) is 0.400. The van der Waals surface area contributed by atoms with E-state index in [1.165, 1.54) is 12.4 Å². The summed E-state index contributed by atoms with van der Waals surface area (Å²) in [5.74, 6) is 0. The van der Waals surface area contributed by atoms with Crippen LogP contribution in [0.5, 0.6) is 0 Å². The molecule has 10 nitrogen and oxygen atoms in total. The molecule has 0 aromatic carbocycles. The van der Waals surface area contributed by atoms with E-state index in [0.29, 0.717) is 0 Å². The first-order valence-electron chi connectivity index (χ1n) is 3.87. The Balaban J connectivity index is 0.00000256. The molecule has 0 fully saturated rings. The number of imidazole rings is 1. The van der Waals surface area contributed by atoms with Crippen LogP contribution in [0.25, 0.3) is 0 Å². The van der Waals surface area contributed by atoms with Gasteiger partial charge in [0.25, 0.3) is 5.08 Å². The molecule has 100 valence electrons. The molecule has 0 saturated carbocycles. The topological polar surface area (TPSA) is 188 Å². The summed E-state index contributed by atoms with van der Waals surface area (Å²) in [6.45, 7) is -0.957. The summed E-state index contributed by atoms with van der Waals surface area (Å²) >= 11 is 0. The predicted octanol–water partition coefficient (Wildman–Crippen LogP) is -0.953. The quantitative estimate of drug-likeness (QED) is 0.379. The van der Waals surface area contributed by atoms with Crippen molar-refractivity contribution in [3.63, 3.8) is 0 Å². The van der Waals surface area contributed by atoms with Gasteiger partial charge in [-0.05, 0) is 0 Å². The van der Waals surface area contributed by atoms with Gasteiger partial charge in [-0.1, -0.05) is 0 Å². The van der Waals surface area contributed by atoms with Crippen LogP contribution < -0.4 is 6.15 Å². The maximum atomic E-state index is 10.9. The monoisotopic (exact) mass is 289 g/mol. The Morgan fingerprint density at radius 1 is 1.18 bits per heavy atom. The molecule has 0 atom stereocenters. The molecule has 17 heavy (non-hydrogen) atoms. The van der Waals surface area contributed by atoms with Crippen LogP contribution in [0.1, 0.15) is 0 Å². The lowest BCUT2D eigenvalue weighted by Crippen LogP contribution is -2.33. The summed E-state index contributed by atoms with van der Waals surface area (Å²) in [4.78, 5) is 38.7. The minimum atomic E-state index is -5.41. The molecule has 12 heteroatoms. The van der Waals surface area contributed by atoms with Gasteiger partial charge in [-0.15, -0.1) is 0 Å². The molecule has 0 spiro atoms. The number of rotatable bonds is 4. The average molecular weight is 289 g/mol. The maximum absolute atomic E-state index is 10.9. The Kier molecular flexibility index (Phi) is 4.80. The van der Waals surface area contributed by atoms with Crippen LogP contribution in [0, 0.1) is 0 Å². The van der Waals surface area contributed by atoms with Gasteiger partial charge in [-0.2, -0.15) is 0 Å². The second-order valence-corrected chi connectivity index (χ2v) is 7.11. The molecule has 0 radical (unpaired) electrons. The second kappa shape index (κ2) is 4.97. The number of aliphatic hydroxyl groups is 1. The van der Waals surface area contributed by atoms with Crippen molar-refractivity contribution in [1.82, 2.24) is 15.7 Å². The van der Waals surface area contributed by atoms with E-state index in [2.05, 4.69) is 4.98 Å². The highest BCUT2D eigenvalue weighted by atomic mass is 31.2. The minimum Gasteiger partial charge on any atom is -0.366 e.